The number of aryl methyl sites for hydroxylation is 2. The van der Waals surface area contributed by atoms with E-state index in [4.69, 9.17) is 14.2 Å². The fraction of sp³-hybridized carbons (Fsp3) is 0.250. The van der Waals surface area contributed by atoms with Gasteiger partial charge in [0.25, 0.3) is 0 Å². The molecule has 2 heterocycles. The minimum absolute atomic E-state index is 0.0463. The Morgan fingerprint density at radius 1 is 0.914 bits per heavy atom. The van der Waals surface area contributed by atoms with Crippen LogP contribution in [0, 0.1) is 13.8 Å². The molecule has 0 bridgehead atoms. The number of imidazole rings is 1. The summed E-state index contributed by atoms with van der Waals surface area (Å²) >= 11 is 0. The lowest BCUT2D eigenvalue weighted by Crippen LogP contribution is -2.32. The monoisotopic (exact) mass is 470 g/mol. The predicted molar refractivity (Wildman–Crippen MR) is 130 cm³/mol. The maximum Gasteiger partial charge on any atom is 0.338 e. The number of carbonyl (C=O) groups excluding carboxylic acids is 2. The molecule has 0 saturated carbocycles. The highest BCUT2D eigenvalue weighted by molar-refractivity contribution is 5.90. The Kier molecular flexibility index (Phi) is 6.33. The van der Waals surface area contributed by atoms with Crippen LogP contribution in [-0.2, 0) is 14.2 Å². The van der Waals surface area contributed by atoms with E-state index >= 15 is 0 Å². The molecule has 1 saturated heterocycles. The minimum atomic E-state index is -0.628. The lowest BCUT2D eigenvalue weighted by Gasteiger charge is -2.19. The molecule has 1 N–H and O–H groups in total. The van der Waals surface area contributed by atoms with Crippen molar-refractivity contribution in [3.63, 3.8) is 0 Å². The van der Waals surface area contributed by atoms with Gasteiger partial charge < -0.3 is 19.2 Å². The number of hydrogen-bond donors (Lipinski definition) is 1. The zero-order valence-corrected chi connectivity index (χ0v) is 19.6. The summed E-state index contributed by atoms with van der Waals surface area (Å²) in [4.78, 5) is 33.3. The molecule has 178 valence electrons. The Morgan fingerprint density at radius 3 is 2.20 bits per heavy atom. The Morgan fingerprint density at radius 2 is 1.54 bits per heavy atom. The molecule has 0 unspecified atom stereocenters. The Bertz CT molecular complexity index is 1310. The zero-order valence-electron chi connectivity index (χ0n) is 19.6. The number of carbonyl (C=O) groups is 2. The van der Waals surface area contributed by atoms with Crippen LogP contribution < -0.4 is 0 Å². The number of H-pyrrole nitrogens is 1. The number of para-hydroxylation sites is 2. The van der Waals surface area contributed by atoms with Gasteiger partial charge in [-0.25, -0.2) is 14.6 Å². The van der Waals surface area contributed by atoms with Crippen molar-refractivity contribution >= 4 is 23.0 Å². The SMILES string of the molecule is Cc1ccc(C(=O)OC[C@H]2O[C@@H](c3nc4ccccc4[nH]3)C[C@@H]2OC(=O)c2ccc(C)cc2)cc1. The van der Waals surface area contributed by atoms with Crippen molar-refractivity contribution in [2.75, 3.05) is 6.61 Å². The van der Waals surface area contributed by atoms with E-state index in [0.717, 1.165) is 22.2 Å². The van der Waals surface area contributed by atoms with Crippen LogP contribution in [0.15, 0.2) is 72.8 Å². The van der Waals surface area contributed by atoms with Crippen molar-refractivity contribution < 1.29 is 23.8 Å². The van der Waals surface area contributed by atoms with E-state index in [9.17, 15) is 9.59 Å². The standard InChI is InChI=1S/C28H26N2O5/c1-17-7-11-19(12-8-17)27(31)33-16-25-23(35-28(32)20-13-9-18(2)10-14-20)15-24(34-25)26-29-21-5-3-4-6-22(21)30-26/h3-14,23-25H,15-16H2,1-2H3,(H,29,30)/t23-,24+,25+/m0/s1. The van der Waals surface area contributed by atoms with E-state index in [1.54, 1.807) is 24.3 Å². The van der Waals surface area contributed by atoms with E-state index in [2.05, 4.69) is 9.97 Å². The smallest absolute Gasteiger partial charge is 0.338 e. The van der Waals surface area contributed by atoms with Crippen LogP contribution in [0.1, 0.15) is 50.2 Å². The van der Waals surface area contributed by atoms with Crippen molar-refractivity contribution in [2.24, 2.45) is 0 Å². The highest BCUT2D eigenvalue weighted by atomic mass is 16.6. The Hall–Kier alpha value is -3.97. The summed E-state index contributed by atoms with van der Waals surface area (Å²) in [6.07, 6.45) is -1.27. The first-order valence-corrected chi connectivity index (χ1v) is 11.6. The molecule has 7 heteroatoms. The van der Waals surface area contributed by atoms with E-state index in [1.807, 2.05) is 62.4 Å². The van der Waals surface area contributed by atoms with Gasteiger partial charge in [0.1, 0.15) is 30.7 Å². The average molecular weight is 471 g/mol. The Labute approximate surface area is 203 Å². The van der Waals surface area contributed by atoms with Gasteiger partial charge in [-0.1, -0.05) is 47.5 Å². The summed E-state index contributed by atoms with van der Waals surface area (Å²) in [5, 5.41) is 0. The van der Waals surface area contributed by atoms with Crippen LogP contribution in [-0.4, -0.2) is 40.7 Å². The number of benzene rings is 3. The molecule has 7 nitrogen and oxygen atoms in total. The molecule has 1 fully saturated rings. The molecular formula is C28H26N2O5. The zero-order chi connectivity index (χ0) is 24.4. The summed E-state index contributed by atoms with van der Waals surface area (Å²) < 4.78 is 17.6. The van der Waals surface area contributed by atoms with Crippen molar-refractivity contribution in [3.05, 3.63) is 101 Å². The quantitative estimate of drug-likeness (QED) is 0.395. The number of nitrogens with one attached hydrogen (secondary N) is 1. The maximum absolute atomic E-state index is 12.8. The number of aromatic nitrogens is 2. The molecule has 1 aliphatic rings. The third-order valence-electron chi connectivity index (χ3n) is 6.12. The predicted octanol–water partition coefficient (Wildman–Crippen LogP) is 5.09. The third-order valence-corrected chi connectivity index (χ3v) is 6.12. The summed E-state index contributed by atoms with van der Waals surface area (Å²) in [6, 6.07) is 22.0. The van der Waals surface area contributed by atoms with E-state index < -0.39 is 30.3 Å². The van der Waals surface area contributed by atoms with E-state index in [-0.39, 0.29) is 6.61 Å². The van der Waals surface area contributed by atoms with Gasteiger partial charge in [-0.05, 0) is 50.2 Å². The molecule has 0 radical (unpaired) electrons. The molecule has 5 rings (SSSR count). The summed E-state index contributed by atoms with van der Waals surface area (Å²) in [5.41, 5.74) is 4.74. The minimum Gasteiger partial charge on any atom is -0.459 e. The molecule has 1 aromatic heterocycles. The molecule has 4 aromatic rings. The van der Waals surface area contributed by atoms with Gasteiger partial charge in [-0.3, -0.25) is 0 Å². The first-order chi connectivity index (χ1) is 17.0. The number of ether oxygens (including phenoxy) is 3. The van der Waals surface area contributed by atoms with E-state index in [1.165, 1.54) is 0 Å². The number of nitrogens with zero attached hydrogens (tertiary/aromatic N) is 1. The van der Waals surface area contributed by atoms with Crippen molar-refractivity contribution in [1.29, 1.82) is 0 Å². The van der Waals surface area contributed by atoms with Crippen molar-refractivity contribution in [1.82, 2.24) is 9.97 Å². The highest BCUT2D eigenvalue weighted by Gasteiger charge is 2.41. The van der Waals surface area contributed by atoms with Gasteiger partial charge in [0.05, 0.1) is 22.2 Å². The summed E-state index contributed by atoms with van der Waals surface area (Å²) in [7, 11) is 0. The normalized spacial score (nSPS) is 19.5. The number of esters is 2. The molecule has 35 heavy (non-hydrogen) atoms. The molecule has 0 spiro atoms. The number of aromatic amines is 1. The fourth-order valence-electron chi connectivity index (χ4n) is 4.11. The first-order valence-electron chi connectivity index (χ1n) is 11.6. The largest absolute Gasteiger partial charge is 0.459 e. The molecule has 1 aliphatic heterocycles. The molecular weight excluding hydrogens is 444 g/mol. The molecule has 0 amide bonds. The lowest BCUT2D eigenvalue weighted by molar-refractivity contribution is -0.0438. The fourth-order valence-corrected chi connectivity index (χ4v) is 4.11. The van der Waals surface area contributed by atoms with Gasteiger partial charge in [-0.15, -0.1) is 0 Å². The van der Waals surface area contributed by atoms with Gasteiger partial charge in [0.15, 0.2) is 0 Å². The first kappa shape index (κ1) is 22.8. The van der Waals surface area contributed by atoms with Crippen molar-refractivity contribution in [3.8, 4) is 0 Å². The van der Waals surface area contributed by atoms with E-state index in [0.29, 0.717) is 23.4 Å². The third kappa shape index (κ3) is 5.10. The second-order valence-corrected chi connectivity index (χ2v) is 8.81. The lowest BCUT2D eigenvalue weighted by atomic mass is 10.1. The van der Waals surface area contributed by atoms with Crippen LogP contribution in [0.5, 0.6) is 0 Å². The second kappa shape index (κ2) is 9.72. The molecule has 3 aromatic carbocycles. The maximum atomic E-state index is 12.8. The van der Waals surface area contributed by atoms with Gasteiger partial charge >= 0.3 is 11.9 Å². The van der Waals surface area contributed by atoms with Gasteiger partial charge in [0, 0.05) is 6.42 Å². The number of hydrogen-bond acceptors (Lipinski definition) is 6. The average Bonchev–Trinajstić information content (AvgIpc) is 3.47. The number of rotatable bonds is 6. The van der Waals surface area contributed by atoms with Gasteiger partial charge in [0.2, 0.25) is 0 Å². The van der Waals surface area contributed by atoms with Crippen LogP contribution in [0.2, 0.25) is 0 Å². The van der Waals surface area contributed by atoms with Crippen LogP contribution >= 0.6 is 0 Å². The molecule has 3 atom stereocenters. The molecule has 0 aliphatic carbocycles. The Balaban J connectivity index is 1.33. The second-order valence-electron chi connectivity index (χ2n) is 8.81. The van der Waals surface area contributed by atoms with Crippen LogP contribution in [0.3, 0.4) is 0 Å². The van der Waals surface area contributed by atoms with Gasteiger partial charge in [-0.2, -0.15) is 0 Å². The topological polar surface area (TPSA) is 90.5 Å². The summed E-state index contributed by atoms with van der Waals surface area (Å²) in [6.45, 7) is 3.86. The van der Waals surface area contributed by atoms with Crippen molar-refractivity contribution in [2.45, 2.75) is 38.6 Å². The number of fused-ring (bicyclic) bond motifs is 1. The van der Waals surface area contributed by atoms with Crippen LogP contribution in [0.25, 0.3) is 11.0 Å². The van der Waals surface area contributed by atoms with Crippen LogP contribution in [0.4, 0.5) is 0 Å². The highest BCUT2D eigenvalue weighted by Crippen LogP contribution is 2.35. The summed E-state index contributed by atoms with van der Waals surface area (Å²) in [5.74, 6) is -0.252.